The lowest BCUT2D eigenvalue weighted by atomic mass is 9.95. The number of hydrogen-bond acceptors (Lipinski definition) is 5. The van der Waals surface area contributed by atoms with Gasteiger partial charge in [-0.15, -0.1) is 11.3 Å². The highest BCUT2D eigenvalue weighted by Crippen LogP contribution is 2.40. The van der Waals surface area contributed by atoms with E-state index in [0.29, 0.717) is 10.6 Å². The van der Waals surface area contributed by atoms with Crippen molar-refractivity contribution in [2.45, 2.75) is 25.7 Å². The number of thiophene rings is 1. The molecule has 0 unspecified atom stereocenters. The molecular weight excluding hydrogens is 386 g/mol. The van der Waals surface area contributed by atoms with Gasteiger partial charge in [-0.2, -0.15) is 0 Å². The van der Waals surface area contributed by atoms with Gasteiger partial charge in [0, 0.05) is 28.9 Å². The average molecular weight is 405 g/mol. The standard InChI is InChI=1S/C22H19N3O3S/c26-21(24-16-6-2-1-3-7-16)20-18-8-4-5-9-19(18)29-22(20)23-14-15-10-12-17(13-11-15)25(27)28/h1-3,6-7,10-14H,4-5,8-9H2,(H,24,26). The van der Waals surface area contributed by atoms with Gasteiger partial charge in [0.2, 0.25) is 0 Å². The highest BCUT2D eigenvalue weighted by atomic mass is 32.1. The summed E-state index contributed by atoms with van der Waals surface area (Å²) in [5.74, 6) is -0.147. The number of anilines is 1. The molecule has 3 aromatic rings. The number of amides is 1. The van der Waals surface area contributed by atoms with Crippen molar-refractivity contribution in [1.29, 1.82) is 0 Å². The zero-order valence-corrected chi connectivity index (χ0v) is 16.4. The first-order valence-corrected chi connectivity index (χ1v) is 10.2. The highest BCUT2D eigenvalue weighted by molar-refractivity contribution is 7.16. The molecule has 1 aliphatic rings. The topological polar surface area (TPSA) is 84.6 Å². The van der Waals surface area contributed by atoms with Gasteiger partial charge < -0.3 is 5.32 Å². The number of para-hydroxylation sites is 1. The molecule has 0 fully saturated rings. The molecule has 0 bridgehead atoms. The van der Waals surface area contributed by atoms with Crippen LogP contribution in [0, 0.1) is 10.1 Å². The van der Waals surface area contributed by atoms with E-state index in [1.807, 2.05) is 30.3 Å². The first kappa shape index (κ1) is 19.0. The molecule has 4 rings (SSSR count). The number of nitrogens with one attached hydrogen (secondary N) is 1. The van der Waals surface area contributed by atoms with E-state index in [1.165, 1.54) is 17.0 Å². The predicted octanol–water partition coefficient (Wildman–Crippen LogP) is 5.54. The van der Waals surface area contributed by atoms with Crippen LogP contribution in [-0.2, 0) is 12.8 Å². The number of nitro benzene ring substituents is 1. The van der Waals surface area contributed by atoms with E-state index in [1.54, 1.807) is 29.7 Å². The summed E-state index contributed by atoms with van der Waals surface area (Å²) in [6.45, 7) is 0. The highest BCUT2D eigenvalue weighted by Gasteiger charge is 2.25. The molecule has 1 aromatic heterocycles. The average Bonchev–Trinajstić information content (AvgIpc) is 3.12. The molecule has 1 heterocycles. The Morgan fingerprint density at radius 2 is 1.79 bits per heavy atom. The van der Waals surface area contributed by atoms with Gasteiger partial charge in [-0.3, -0.25) is 14.9 Å². The molecule has 0 saturated carbocycles. The van der Waals surface area contributed by atoms with Crippen LogP contribution in [0.1, 0.15) is 39.2 Å². The maximum atomic E-state index is 13.0. The van der Waals surface area contributed by atoms with Crippen LogP contribution in [0.25, 0.3) is 0 Å². The number of rotatable bonds is 5. The first-order chi connectivity index (χ1) is 14.1. The van der Waals surface area contributed by atoms with E-state index >= 15 is 0 Å². The molecule has 146 valence electrons. The SMILES string of the molecule is O=C(Nc1ccccc1)c1c(N=Cc2ccc([N+](=O)[O-])cc2)sc2c1CCCC2. The number of hydrogen-bond donors (Lipinski definition) is 1. The smallest absolute Gasteiger partial charge is 0.269 e. The zero-order valence-electron chi connectivity index (χ0n) is 15.6. The minimum atomic E-state index is -0.430. The van der Waals surface area contributed by atoms with Crippen LogP contribution < -0.4 is 5.32 Å². The molecule has 1 N–H and O–H groups in total. The van der Waals surface area contributed by atoms with E-state index in [0.717, 1.165) is 42.5 Å². The Labute approximate surface area is 172 Å². The van der Waals surface area contributed by atoms with Crippen molar-refractivity contribution in [3.63, 3.8) is 0 Å². The second-order valence-electron chi connectivity index (χ2n) is 6.82. The summed E-state index contributed by atoms with van der Waals surface area (Å²) in [7, 11) is 0. The maximum absolute atomic E-state index is 13.0. The lowest BCUT2D eigenvalue weighted by molar-refractivity contribution is -0.384. The monoisotopic (exact) mass is 405 g/mol. The summed E-state index contributed by atoms with van der Waals surface area (Å²) < 4.78 is 0. The molecule has 0 spiro atoms. The molecule has 7 heteroatoms. The number of aliphatic imine (C=N–C) groups is 1. The minimum absolute atomic E-state index is 0.0386. The Morgan fingerprint density at radius 1 is 1.07 bits per heavy atom. The molecule has 0 radical (unpaired) electrons. The Morgan fingerprint density at radius 3 is 2.52 bits per heavy atom. The van der Waals surface area contributed by atoms with Crippen molar-refractivity contribution in [3.8, 4) is 0 Å². The third-order valence-electron chi connectivity index (χ3n) is 4.85. The minimum Gasteiger partial charge on any atom is -0.322 e. The summed E-state index contributed by atoms with van der Waals surface area (Å²) in [6, 6.07) is 15.6. The molecule has 0 atom stereocenters. The Kier molecular flexibility index (Phi) is 5.48. The number of nitrogens with zero attached hydrogens (tertiary/aromatic N) is 2. The van der Waals surface area contributed by atoms with Gasteiger partial charge in [0.1, 0.15) is 5.00 Å². The van der Waals surface area contributed by atoms with Gasteiger partial charge >= 0.3 is 0 Å². The number of benzene rings is 2. The summed E-state index contributed by atoms with van der Waals surface area (Å²) in [5, 5.41) is 14.5. The fraction of sp³-hybridized carbons (Fsp3) is 0.182. The number of nitro groups is 1. The van der Waals surface area contributed by atoms with Crippen LogP contribution in [0.2, 0.25) is 0 Å². The van der Waals surface area contributed by atoms with Crippen LogP contribution in [0.15, 0.2) is 59.6 Å². The van der Waals surface area contributed by atoms with Crippen LogP contribution in [0.5, 0.6) is 0 Å². The Bertz CT molecular complexity index is 1070. The molecule has 0 saturated heterocycles. The maximum Gasteiger partial charge on any atom is 0.269 e. The van der Waals surface area contributed by atoms with Gasteiger partial charge in [0.25, 0.3) is 11.6 Å². The number of non-ortho nitro benzene ring substituents is 1. The van der Waals surface area contributed by atoms with Crippen molar-refractivity contribution in [1.82, 2.24) is 0 Å². The van der Waals surface area contributed by atoms with Gasteiger partial charge in [0.15, 0.2) is 0 Å². The molecule has 29 heavy (non-hydrogen) atoms. The zero-order chi connectivity index (χ0) is 20.2. The second kappa shape index (κ2) is 8.36. The Balaban J connectivity index is 1.65. The van der Waals surface area contributed by atoms with Crippen molar-refractivity contribution < 1.29 is 9.72 Å². The fourth-order valence-electron chi connectivity index (χ4n) is 3.41. The molecule has 1 aliphatic carbocycles. The van der Waals surface area contributed by atoms with E-state index in [2.05, 4.69) is 10.3 Å². The number of carbonyl (C=O) groups excluding carboxylic acids is 1. The second-order valence-corrected chi connectivity index (χ2v) is 7.90. The molecule has 0 aliphatic heterocycles. The number of carbonyl (C=O) groups is 1. The Hall–Kier alpha value is -3.32. The molecule has 2 aromatic carbocycles. The molecular formula is C22H19N3O3S. The van der Waals surface area contributed by atoms with Crippen LogP contribution in [0.3, 0.4) is 0 Å². The quantitative estimate of drug-likeness (QED) is 0.344. The largest absolute Gasteiger partial charge is 0.322 e. The van der Waals surface area contributed by atoms with E-state index < -0.39 is 4.92 Å². The lowest BCUT2D eigenvalue weighted by Crippen LogP contribution is -2.14. The summed E-state index contributed by atoms with van der Waals surface area (Å²) >= 11 is 1.56. The van der Waals surface area contributed by atoms with Gasteiger partial charge in [-0.25, -0.2) is 4.99 Å². The summed E-state index contributed by atoms with van der Waals surface area (Å²) in [6.07, 6.45) is 5.70. The van der Waals surface area contributed by atoms with Crippen molar-refractivity contribution in [3.05, 3.63) is 86.3 Å². The predicted molar refractivity (Wildman–Crippen MR) is 116 cm³/mol. The normalized spacial score (nSPS) is 13.2. The van der Waals surface area contributed by atoms with Crippen molar-refractivity contribution in [2.24, 2.45) is 4.99 Å². The van der Waals surface area contributed by atoms with Crippen molar-refractivity contribution >= 4 is 39.8 Å². The van der Waals surface area contributed by atoms with Crippen LogP contribution in [0.4, 0.5) is 16.4 Å². The summed E-state index contributed by atoms with van der Waals surface area (Å²) in [5.41, 5.74) is 3.28. The first-order valence-electron chi connectivity index (χ1n) is 9.41. The third-order valence-corrected chi connectivity index (χ3v) is 6.05. The van der Waals surface area contributed by atoms with Gasteiger partial charge in [0.05, 0.1) is 10.5 Å². The number of fused-ring (bicyclic) bond motifs is 1. The van der Waals surface area contributed by atoms with Crippen LogP contribution >= 0.6 is 11.3 Å². The fourth-order valence-corrected chi connectivity index (χ4v) is 4.64. The lowest BCUT2D eigenvalue weighted by Gasteiger charge is -2.12. The van der Waals surface area contributed by atoms with E-state index in [4.69, 9.17) is 0 Å². The van der Waals surface area contributed by atoms with E-state index in [-0.39, 0.29) is 11.6 Å². The van der Waals surface area contributed by atoms with Crippen molar-refractivity contribution in [2.75, 3.05) is 5.32 Å². The number of aryl methyl sites for hydroxylation is 1. The summed E-state index contributed by atoms with van der Waals surface area (Å²) in [4.78, 5) is 29.2. The van der Waals surface area contributed by atoms with Gasteiger partial charge in [-0.1, -0.05) is 18.2 Å². The van der Waals surface area contributed by atoms with Gasteiger partial charge in [-0.05, 0) is 61.1 Å². The third kappa shape index (κ3) is 4.25. The molecule has 1 amide bonds. The van der Waals surface area contributed by atoms with E-state index in [9.17, 15) is 14.9 Å². The van der Waals surface area contributed by atoms with Crippen LogP contribution in [-0.4, -0.2) is 17.0 Å². The molecule has 6 nitrogen and oxygen atoms in total.